The van der Waals surface area contributed by atoms with E-state index in [4.69, 9.17) is 0 Å². The minimum atomic E-state index is -0.958. The second-order valence-electron chi connectivity index (χ2n) is 11.2. The quantitative estimate of drug-likeness (QED) is 0.588. The number of hydrogen-bond acceptors (Lipinski definition) is 4. The van der Waals surface area contributed by atoms with Crippen LogP contribution in [-0.4, -0.2) is 23.1 Å². The average Bonchev–Trinajstić information content (AvgIpc) is 3.21. The van der Waals surface area contributed by atoms with Crippen LogP contribution in [0, 0.1) is 22.2 Å². The number of hydrogen-bond donors (Lipinski definition) is 0. The Hall–Kier alpha value is -2.88. The smallest absolute Gasteiger partial charge is 0.175 e. The van der Waals surface area contributed by atoms with Crippen molar-refractivity contribution >= 4 is 23.1 Å². The summed E-state index contributed by atoms with van der Waals surface area (Å²) in [4.78, 5) is 53.6. The number of ketones is 4. The molecule has 4 aliphatic carbocycles. The molecule has 0 fully saturated rings. The third-order valence-electron chi connectivity index (χ3n) is 7.92. The molecule has 0 aromatic carbocycles. The lowest BCUT2D eigenvalue weighted by molar-refractivity contribution is -0.122. The van der Waals surface area contributed by atoms with E-state index in [1.165, 1.54) is 0 Å². The third-order valence-corrected chi connectivity index (χ3v) is 7.92. The number of carbonyl (C=O) groups excluding carboxylic acids is 4. The molecular formula is C28H30O4. The fraction of sp³-hybridized carbons (Fsp3) is 0.429. The molecule has 0 saturated carbocycles. The molecule has 4 heteroatoms. The molecule has 0 bridgehead atoms. The largest absolute Gasteiger partial charge is 0.293 e. The first-order chi connectivity index (χ1) is 14.5. The van der Waals surface area contributed by atoms with Crippen LogP contribution in [-0.2, 0) is 19.2 Å². The number of rotatable bonds is 1. The van der Waals surface area contributed by atoms with E-state index in [9.17, 15) is 19.2 Å². The first kappa shape index (κ1) is 22.3. The molecule has 0 saturated heterocycles. The zero-order chi connectivity index (χ0) is 24.3. The van der Waals surface area contributed by atoms with Crippen molar-refractivity contribution in [1.29, 1.82) is 0 Å². The van der Waals surface area contributed by atoms with E-state index in [-0.39, 0.29) is 23.1 Å². The lowest BCUT2D eigenvalue weighted by Gasteiger charge is -2.28. The molecule has 0 N–H and O–H groups in total. The van der Waals surface area contributed by atoms with E-state index < -0.39 is 22.2 Å². The Kier molecular flexibility index (Phi) is 4.27. The fourth-order valence-corrected chi connectivity index (χ4v) is 5.46. The number of carbonyl (C=O) groups is 4. The van der Waals surface area contributed by atoms with Crippen LogP contribution < -0.4 is 0 Å². The highest BCUT2D eigenvalue weighted by molar-refractivity contribution is 6.28. The Bertz CT molecular complexity index is 1240. The van der Waals surface area contributed by atoms with Crippen LogP contribution in [0.1, 0.15) is 55.4 Å². The highest BCUT2D eigenvalue weighted by Crippen LogP contribution is 2.58. The summed E-state index contributed by atoms with van der Waals surface area (Å²) in [5.74, 6) is -1.30. The van der Waals surface area contributed by atoms with Crippen molar-refractivity contribution in [3.05, 3.63) is 69.4 Å². The van der Waals surface area contributed by atoms with Crippen molar-refractivity contribution in [1.82, 2.24) is 0 Å². The van der Waals surface area contributed by atoms with Gasteiger partial charge in [0.05, 0.1) is 22.2 Å². The van der Waals surface area contributed by atoms with Crippen molar-refractivity contribution in [3.63, 3.8) is 0 Å². The fourth-order valence-electron chi connectivity index (χ4n) is 5.46. The molecule has 4 aliphatic rings. The van der Waals surface area contributed by atoms with Crippen LogP contribution in [0.4, 0.5) is 0 Å². The first-order valence-corrected chi connectivity index (χ1v) is 11.0. The Morgan fingerprint density at radius 1 is 0.688 bits per heavy atom. The number of allylic oxidation sites excluding steroid dienone is 10. The van der Waals surface area contributed by atoms with E-state index in [0.29, 0.717) is 44.6 Å². The molecule has 0 spiro atoms. The zero-order valence-electron chi connectivity index (χ0n) is 20.2. The summed E-state index contributed by atoms with van der Waals surface area (Å²) < 4.78 is 0. The summed E-state index contributed by atoms with van der Waals surface area (Å²) in [6.07, 6.45) is 1.75. The second-order valence-corrected chi connectivity index (χ2v) is 11.2. The van der Waals surface area contributed by atoms with Gasteiger partial charge in [-0.3, -0.25) is 19.2 Å². The second kappa shape index (κ2) is 6.12. The van der Waals surface area contributed by atoms with Gasteiger partial charge in [0.25, 0.3) is 0 Å². The lowest BCUT2D eigenvalue weighted by Crippen LogP contribution is -2.31. The zero-order valence-corrected chi connectivity index (χ0v) is 20.2. The van der Waals surface area contributed by atoms with Gasteiger partial charge in [0.2, 0.25) is 0 Å². The molecule has 0 unspecified atom stereocenters. The summed E-state index contributed by atoms with van der Waals surface area (Å²) in [6.45, 7) is 22.6. The van der Waals surface area contributed by atoms with Crippen molar-refractivity contribution < 1.29 is 19.2 Å². The third kappa shape index (κ3) is 2.33. The van der Waals surface area contributed by atoms with Crippen molar-refractivity contribution in [2.45, 2.75) is 55.4 Å². The van der Waals surface area contributed by atoms with E-state index in [1.807, 2.05) is 13.8 Å². The maximum Gasteiger partial charge on any atom is 0.175 e. The Balaban J connectivity index is 1.94. The molecule has 0 heterocycles. The van der Waals surface area contributed by atoms with Gasteiger partial charge >= 0.3 is 0 Å². The van der Waals surface area contributed by atoms with E-state index in [0.717, 1.165) is 5.57 Å². The molecule has 0 aromatic rings. The monoisotopic (exact) mass is 430 g/mol. The van der Waals surface area contributed by atoms with Crippen LogP contribution in [0.5, 0.6) is 0 Å². The van der Waals surface area contributed by atoms with Crippen LogP contribution in [0.25, 0.3) is 0 Å². The predicted molar refractivity (Wildman–Crippen MR) is 124 cm³/mol. The van der Waals surface area contributed by atoms with E-state index >= 15 is 0 Å². The molecule has 4 rings (SSSR count). The van der Waals surface area contributed by atoms with Gasteiger partial charge in [-0.1, -0.05) is 24.8 Å². The van der Waals surface area contributed by atoms with Gasteiger partial charge in [0.1, 0.15) is 0 Å². The minimum absolute atomic E-state index is 0.101. The van der Waals surface area contributed by atoms with Crippen LogP contribution in [0.3, 0.4) is 0 Å². The molecule has 0 aromatic heterocycles. The topological polar surface area (TPSA) is 68.3 Å². The van der Waals surface area contributed by atoms with Gasteiger partial charge in [0, 0.05) is 22.3 Å². The SMILES string of the molecule is C=C1C2=C(C(=O)C1(C)C)C(=C(C)C)[C@@H](/C=C1/C3=C(C(=C)C(C)(C)C3=O)C(=O)C1(C)C)C2=O. The van der Waals surface area contributed by atoms with Gasteiger partial charge in [-0.25, -0.2) is 0 Å². The van der Waals surface area contributed by atoms with Gasteiger partial charge in [-0.2, -0.15) is 0 Å². The molecule has 0 radical (unpaired) electrons. The minimum Gasteiger partial charge on any atom is -0.293 e. The molecular weight excluding hydrogens is 400 g/mol. The Morgan fingerprint density at radius 3 is 1.62 bits per heavy atom. The molecule has 32 heavy (non-hydrogen) atoms. The van der Waals surface area contributed by atoms with Crippen LogP contribution >= 0.6 is 0 Å². The standard InChI is InChI=1S/C28H30O4/c1-12(2)17-15(22(29)18-13(3)26(5,6)25(32)21(17)18)11-16-20-19(23(30)28(16,9)10)14(4)27(7,8)24(20)31/h11,15H,3-4H2,1-2,5-10H3/b16-11-/t15-/m1/s1. The van der Waals surface area contributed by atoms with E-state index in [2.05, 4.69) is 13.2 Å². The maximum atomic E-state index is 13.6. The average molecular weight is 431 g/mol. The first-order valence-electron chi connectivity index (χ1n) is 11.0. The maximum absolute atomic E-state index is 13.6. The molecule has 4 nitrogen and oxygen atoms in total. The van der Waals surface area contributed by atoms with Crippen LogP contribution in [0.15, 0.2) is 69.4 Å². The molecule has 1 atom stereocenters. The summed E-state index contributed by atoms with van der Waals surface area (Å²) in [6, 6.07) is 0. The van der Waals surface area contributed by atoms with Gasteiger partial charge in [-0.05, 0) is 77.7 Å². The Morgan fingerprint density at radius 2 is 1.12 bits per heavy atom. The predicted octanol–water partition coefficient (Wildman–Crippen LogP) is 4.98. The molecule has 0 aliphatic heterocycles. The molecule has 0 amide bonds. The normalized spacial score (nSPS) is 29.2. The highest BCUT2D eigenvalue weighted by atomic mass is 16.1. The molecule has 166 valence electrons. The summed E-state index contributed by atoms with van der Waals surface area (Å²) in [5.41, 5.74) is 2.16. The summed E-state index contributed by atoms with van der Waals surface area (Å²) in [7, 11) is 0. The number of Topliss-reactive ketones (excluding diaryl/α,β-unsaturated/α-hetero) is 4. The van der Waals surface area contributed by atoms with Gasteiger partial charge in [-0.15, -0.1) is 0 Å². The summed E-state index contributed by atoms with van der Waals surface area (Å²) >= 11 is 0. The van der Waals surface area contributed by atoms with Crippen LogP contribution in [0.2, 0.25) is 0 Å². The van der Waals surface area contributed by atoms with Gasteiger partial charge < -0.3 is 0 Å². The van der Waals surface area contributed by atoms with Gasteiger partial charge in [0.15, 0.2) is 23.1 Å². The van der Waals surface area contributed by atoms with E-state index in [1.54, 1.807) is 47.6 Å². The summed E-state index contributed by atoms with van der Waals surface area (Å²) in [5, 5.41) is 0. The van der Waals surface area contributed by atoms with Crippen molar-refractivity contribution in [2.24, 2.45) is 22.2 Å². The Labute approximate surface area is 189 Å². The lowest BCUT2D eigenvalue weighted by atomic mass is 9.72. The van der Waals surface area contributed by atoms with Crippen molar-refractivity contribution in [2.75, 3.05) is 0 Å². The highest BCUT2D eigenvalue weighted by Gasteiger charge is 2.58. The van der Waals surface area contributed by atoms with Crippen molar-refractivity contribution in [3.8, 4) is 0 Å².